The normalized spacial score (nSPS) is 15.0. The predicted molar refractivity (Wildman–Crippen MR) is 124 cm³/mol. The van der Waals surface area contributed by atoms with Gasteiger partial charge in [0.15, 0.2) is 11.9 Å². The first-order chi connectivity index (χ1) is 16.3. The molecule has 1 aromatic carbocycles. The SMILES string of the molecule is O=C(c1cnc(-c2cccc[n+]2[O-])cn1)N1CCN(S(=O)(=O)c2cc3cc(Cl)ccc3[nH]2)CC1. The largest absolute Gasteiger partial charge is 0.618 e. The second kappa shape index (κ2) is 8.67. The van der Waals surface area contributed by atoms with E-state index in [0.29, 0.717) is 32.0 Å². The van der Waals surface area contributed by atoms with Gasteiger partial charge in [0.1, 0.15) is 10.7 Å². The van der Waals surface area contributed by atoms with E-state index in [1.807, 2.05) is 0 Å². The number of hydrogen-bond acceptors (Lipinski definition) is 6. The summed E-state index contributed by atoms with van der Waals surface area (Å²) in [6, 6.07) is 11.6. The van der Waals surface area contributed by atoms with Gasteiger partial charge in [-0.15, -0.1) is 0 Å². The van der Waals surface area contributed by atoms with Gasteiger partial charge in [-0.3, -0.25) is 4.79 Å². The molecule has 12 heteroatoms. The van der Waals surface area contributed by atoms with Crippen LogP contribution in [0.2, 0.25) is 5.02 Å². The van der Waals surface area contributed by atoms with Crippen molar-refractivity contribution in [1.82, 2.24) is 24.2 Å². The van der Waals surface area contributed by atoms with E-state index in [1.54, 1.807) is 42.5 Å². The summed E-state index contributed by atoms with van der Waals surface area (Å²) in [5.74, 6) is -0.348. The highest BCUT2D eigenvalue weighted by Crippen LogP contribution is 2.25. The van der Waals surface area contributed by atoms with Crippen molar-refractivity contribution in [2.24, 2.45) is 0 Å². The van der Waals surface area contributed by atoms with E-state index in [2.05, 4.69) is 15.0 Å². The molecule has 1 N–H and O–H groups in total. The maximum absolute atomic E-state index is 13.1. The molecule has 1 fully saturated rings. The van der Waals surface area contributed by atoms with Crippen molar-refractivity contribution < 1.29 is 17.9 Å². The Balaban J connectivity index is 1.27. The van der Waals surface area contributed by atoms with Gasteiger partial charge < -0.3 is 15.1 Å². The molecule has 10 nitrogen and oxygen atoms in total. The van der Waals surface area contributed by atoms with Gasteiger partial charge in [-0.05, 0) is 30.3 Å². The van der Waals surface area contributed by atoms with E-state index in [-0.39, 0.29) is 42.8 Å². The van der Waals surface area contributed by atoms with Gasteiger partial charge in [0, 0.05) is 54.2 Å². The molecular weight excluding hydrogens is 480 g/mol. The number of halogens is 1. The second-order valence-electron chi connectivity index (χ2n) is 7.76. The van der Waals surface area contributed by atoms with Gasteiger partial charge in [-0.1, -0.05) is 11.6 Å². The molecule has 1 saturated heterocycles. The lowest BCUT2D eigenvalue weighted by Gasteiger charge is -2.33. The molecule has 1 aliphatic heterocycles. The number of nitrogens with zero attached hydrogens (tertiary/aromatic N) is 5. The third-order valence-corrected chi connectivity index (χ3v) is 7.72. The lowest BCUT2D eigenvalue weighted by molar-refractivity contribution is -0.593. The average Bonchev–Trinajstić information content (AvgIpc) is 3.28. The van der Waals surface area contributed by atoms with E-state index in [4.69, 9.17) is 11.6 Å². The van der Waals surface area contributed by atoms with E-state index in [1.165, 1.54) is 27.8 Å². The van der Waals surface area contributed by atoms with Gasteiger partial charge in [-0.25, -0.2) is 18.4 Å². The van der Waals surface area contributed by atoms with Crippen molar-refractivity contribution >= 4 is 38.4 Å². The maximum Gasteiger partial charge on any atom is 0.274 e. The summed E-state index contributed by atoms with van der Waals surface area (Å²) >= 11 is 6.00. The third-order valence-electron chi connectivity index (χ3n) is 5.66. The van der Waals surface area contributed by atoms with Crippen molar-refractivity contribution in [3.63, 3.8) is 0 Å². The van der Waals surface area contributed by atoms with Crippen molar-refractivity contribution in [3.8, 4) is 11.4 Å². The number of amides is 1. The summed E-state index contributed by atoms with van der Waals surface area (Å²) in [5.41, 5.74) is 1.48. The quantitative estimate of drug-likeness (QED) is 0.339. The fourth-order valence-corrected chi connectivity index (χ4v) is 5.46. The Hall–Kier alpha value is -3.54. The molecule has 4 heterocycles. The Morgan fingerprint density at radius 1 is 1.06 bits per heavy atom. The maximum atomic E-state index is 13.1. The van der Waals surface area contributed by atoms with Gasteiger partial charge in [0.05, 0.1) is 12.4 Å². The van der Waals surface area contributed by atoms with Crippen LogP contribution in [0.1, 0.15) is 10.5 Å². The van der Waals surface area contributed by atoms with E-state index in [9.17, 15) is 18.4 Å². The summed E-state index contributed by atoms with van der Waals surface area (Å²) in [4.78, 5) is 25.7. The lowest BCUT2D eigenvalue weighted by Crippen LogP contribution is -2.50. The number of fused-ring (bicyclic) bond motifs is 1. The first-order valence-corrected chi connectivity index (χ1v) is 12.2. The van der Waals surface area contributed by atoms with Crippen LogP contribution in [0, 0.1) is 5.21 Å². The lowest BCUT2D eigenvalue weighted by atomic mass is 10.2. The van der Waals surface area contributed by atoms with Crippen LogP contribution in [-0.4, -0.2) is 64.7 Å². The number of carbonyl (C=O) groups is 1. The Bertz CT molecular complexity index is 1480. The Morgan fingerprint density at radius 3 is 2.56 bits per heavy atom. The van der Waals surface area contributed by atoms with Crippen LogP contribution < -0.4 is 4.73 Å². The first-order valence-electron chi connectivity index (χ1n) is 10.4. The van der Waals surface area contributed by atoms with Gasteiger partial charge in [-0.2, -0.15) is 9.04 Å². The molecule has 0 unspecified atom stereocenters. The zero-order valence-corrected chi connectivity index (χ0v) is 19.3. The summed E-state index contributed by atoms with van der Waals surface area (Å²) in [6.45, 7) is 0.728. The Morgan fingerprint density at radius 2 is 1.85 bits per heavy atom. The zero-order chi connectivity index (χ0) is 23.9. The van der Waals surface area contributed by atoms with Crippen LogP contribution in [0.4, 0.5) is 0 Å². The molecule has 34 heavy (non-hydrogen) atoms. The van der Waals surface area contributed by atoms with Crippen molar-refractivity contribution in [2.75, 3.05) is 26.2 Å². The molecule has 3 aromatic heterocycles. The predicted octanol–water partition coefficient (Wildman–Crippen LogP) is 2.06. The minimum atomic E-state index is -3.75. The zero-order valence-electron chi connectivity index (χ0n) is 17.8. The molecule has 174 valence electrons. The number of nitrogens with one attached hydrogen (secondary N) is 1. The van der Waals surface area contributed by atoms with Crippen LogP contribution in [0.5, 0.6) is 0 Å². The number of pyridine rings is 1. The summed E-state index contributed by atoms with van der Waals surface area (Å²) in [7, 11) is -3.75. The van der Waals surface area contributed by atoms with Gasteiger partial charge in [0.25, 0.3) is 15.9 Å². The van der Waals surface area contributed by atoms with Crippen LogP contribution in [-0.2, 0) is 10.0 Å². The van der Waals surface area contributed by atoms with Crippen molar-refractivity contribution in [2.45, 2.75) is 5.03 Å². The molecule has 1 amide bonds. The van der Waals surface area contributed by atoms with Crippen LogP contribution >= 0.6 is 11.6 Å². The minimum absolute atomic E-state index is 0.0857. The Kier molecular flexibility index (Phi) is 5.68. The number of sulfonamides is 1. The highest BCUT2D eigenvalue weighted by Gasteiger charge is 2.32. The number of benzene rings is 1. The molecule has 1 aliphatic rings. The second-order valence-corrected chi connectivity index (χ2v) is 10.1. The molecule has 0 spiro atoms. The van der Waals surface area contributed by atoms with Gasteiger partial charge in [0.2, 0.25) is 5.69 Å². The molecule has 0 saturated carbocycles. The standard InChI is InChI=1S/C22H19ClN6O4S/c23-16-4-5-17-15(11-16)12-21(26-17)34(32,33)28-9-7-27(8-10-28)22(30)19-14-24-18(13-25-19)20-3-1-2-6-29(20)31/h1-6,11-14,26H,7-10H2. The molecule has 5 rings (SSSR count). The minimum Gasteiger partial charge on any atom is -0.618 e. The third kappa shape index (κ3) is 4.09. The average molecular weight is 499 g/mol. The van der Waals surface area contributed by atoms with Crippen LogP contribution in [0.3, 0.4) is 0 Å². The monoisotopic (exact) mass is 498 g/mol. The van der Waals surface area contributed by atoms with Gasteiger partial charge >= 0.3 is 0 Å². The summed E-state index contributed by atoms with van der Waals surface area (Å²) in [6.07, 6.45) is 4.05. The topological polar surface area (TPSA) is 126 Å². The molecule has 0 radical (unpaired) electrons. The van der Waals surface area contributed by atoms with Crippen molar-refractivity contribution in [1.29, 1.82) is 0 Å². The fourth-order valence-electron chi connectivity index (χ4n) is 3.85. The highest BCUT2D eigenvalue weighted by atomic mass is 35.5. The molecule has 0 aliphatic carbocycles. The van der Waals surface area contributed by atoms with Crippen LogP contribution in [0.15, 0.2) is 66.1 Å². The van der Waals surface area contributed by atoms with E-state index in [0.717, 1.165) is 0 Å². The highest BCUT2D eigenvalue weighted by molar-refractivity contribution is 7.89. The molecule has 0 atom stereocenters. The van der Waals surface area contributed by atoms with E-state index >= 15 is 0 Å². The summed E-state index contributed by atoms with van der Waals surface area (Å²) in [5, 5.41) is 13.2. The number of H-pyrrole nitrogens is 1. The number of aromatic nitrogens is 4. The smallest absolute Gasteiger partial charge is 0.274 e. The molecular formula is C22H19ClN6O4S. The van der Waals surface area contributed by atoms with E-state index < -0.39 is 10.0 Å². The summed E-state index contributed by atoms with van der Waals surface area (Å²) < 4.78 is 28.2. The number of aromatic amines is 1. The first kappa shape index (κ1) is 22.3. The number of carbonyl (C=O) groups excluding carboxylic acids is 1. The fraction of sp³-hybridized carbons (Fsp3) is 0.182. The Labute approximate surface area is 200 Å². The number of piperazine rings is 1. The molecule has 4 aromatic rings. The van der Waals surface area contributed by atoms with Crippen LogP contribution in [0.25, 0.3) is 22.3 Å². The molecule has 0 bridgehead atoms. The van der Waals surface area contributed by atoms with Crippen molar-refractivity contribution in [3.05, 3.63) is 77.0 Å². The number of hydrogen-bond donors (Lipinski definition) is 1. The number of rotatable bonds is 4.